The van der Waals surface area contributed by atoms with Crippen molar-refractivity contribution in [1.82, 2.24) is 4.90 Å². The van der Waals surface area contributed by atoms with E-state index in [9.17, 15) is 0 Å². The predicted molar refractivity (Wildman–Crippen MR) is 57.4 cm³/mol. The SMILES string of the molecule is [CH2-]CCN(CC)Cc1ccccc1.[Li+]. The average Bonchev–Trinajstić information content (AvgIpc) is 2.19. The molecule has 1 rings (SSSR count). The molecule has 0 radical (unpaired) electrons. The van der Waals surface area contributed by atoms with Gasteiger partial charge >= 0.3 is 18.9 Å². The van der Waals surface area contributed by atoms with Crippen molar-refractivity contribution in [2.24, 2.45) is 0 Å². The van der Waals surface area contributed by atoms with Crippen molar-refractivity contribution < 1.29 is 18.9 Å². The molecule has 0 heterocycles. The summed E-state index contributed by atoms with van der Waals surface area (Å²) in [6.45, 7) is 9.31. The molecule has 0 amide bonds. The molecule has 0 unspecified atom stereocenters. The van der Waals surface area contributed by atoms with Gasteiger partial charge in [-0.3, -0.25) is 0 Å². The van der Waals surface area contributed by atoms with Gasteiger partial charge in [-0.1, -0.05) is 37.3 Å². The second-order valence-corrected chi connectivity index (χ2v) is 3.21. The number of hydrogen-bond donors (Lipinski definition) is 0. The van der Waals surface area contributed by atoms with Crippen LogP contribution in [0.4, 0.5) is 0 Å². The standard InChI is InChI=1S/C12H18N.Li/c1-3-10-13(4-2)11-12-8-6-5-7-9-12;/h5-9H,1,3-4,10-11H2,2H3;/q-1;+1. The molecule has 0 saturated carbocycles. The summed E-state index contributed by atoms with van der Waals surface area (Å²) in [6, 6.07) is 10.6. The van der Waals surface area contributed by atoms with E-state index in [1.54, 1.807) is 0 Å². The summed E-state index contributed by atoms with van der Waals surface area (Å²) in [5, 5.41) is 0. The molecular formula is C12H18LiN. The monoisotopic (exact) mass is 183 g/mol. The number of rotatable bonds is 5. The minimum absolute atomic E-state index is 0. The van der Waals surface area contributed by atoms with Gasteiger partial charge in [0.25, 0.3) is 0 Å². The largest absolute Gasteiger partial charge is 1.00 e. The summed E-state index contributed by atoms with van der Waals surface area (Å²) in [7, 11) is 0. The van der Waals surface area contributed by atoms with Crippen LogP contribution in [-0.2, 0) is 6.54 Å². The molecule has 0 N–H and O–H groups in total. The Morgan fingerprint density at radius 1 is 1.21 bits per heavy atom. The Balaban J connectivity index is 0.00000169. The molecule has 14 heavy (non-hydrogen) atoms. The van der Waals surface area contributed by atoms with Gasteiger partial charge in [-0.2, -0.15) is 6.42 Å². The van der Waals surface area contributed by atoms with Gasteiger partial charge < -0.3 is 11.8 Å². The summed E-state index contributed by atoms with van der Waals surface area (Å²) in [5.74, 6) is 0. The van der Waals surface area contributed by atoms with Gasteiger partial charge in [-0.15, -0.1) is 0 Å². The van der Waals surface area contributed by atoms with Gasteiger partial charge in [-0.05, 0) is 18.7 Å². The van der Waals surface area contributed by atoms with Crippen LogP contribution < -0.4 is 18.9 Å². The quantitative estimate of drug-likeness (QED) is 0.449. The van der Waals surface area contributed by atoms with Gasteiger partial charge in [-0.25, -0.2) is 0 Å². The second kappa shape index (κ2) is 8.12. The molecule has 0 atom stereocenters. The Morgan fingerprint density at radius 3 is 2.36 bits per heavy atom. The van der Waals surface area contributed by atoms with Crippen molar-refractivity contribution in [3.63, 3.8) is 0 Å². The van der Waals surface area contributed by atoms with E-state index in [-0.39, 0.29) is 18.9 Å². The van der Waals surface area contributed by atoms with Crippen LogP contribution in [0.25, 0.3) is 0 Å². The van der Waals surface area contributed by atoms with Crippen molar-refractivity contribution in [3.8, 4) is 0 Å². The van der Waals surface area contributed by atoms with Crippen LogP contribution in [0.2, 0.25) is 0 Å². The molecule has 72 valence electrons. The fourth-order valence-corrected chi connectivity index (χ4v) is 1.41. The first-order valence-corrected chi connectivity index (χ1v) is 4.92. The van der Waals surface area contributed by atoms with Crippen LogP contribution in [0.5, 0.6) is 0 Å². The maximum Gasteiger partial charge on any atom is 1.00 e. The molecule has 0 fully saturated rings. The summed E-state index contributed by atoms with van der Waals surface area (Å²) >= 11 is 0. The van der Waals surface area contributed by atoms with Crippen LogP contribution in [0, 0.1) is 6.92 Å². The summed E-state index contributed by atoms with van der Waals surface area (Å²) in [6.07, 6.45) is 0.987. The number of hydrogen-bond acceptors (Lipinski definition) is 1. The van der Waals surface area contributed by atoms with Crippen molar-refractivity contribution in [3.05, 3.63) is 42.8 Å². The summed E-state index contributed by atoms with van der Waals surface area (Å²) in [4.78, 5) is 2.41. The smallest absolute Gasteiger partial charge is 0.342 e. The van der Waals surface area contributed by atoms with Crippen molar-refractivity contribution in [2.75, 3.05) is 13.1 Å². The number of nitrogens with zero attached hydrogens (tertiary/aromatic N) is 1. The molecule has 0 aliphatic rings. The fourth-order valence-electron chi connectivity index (χ4n) is 1.41. The Labute approximate surface area is 99.7 Å². The molecule has 0 spiro atoms. The Bertz CT molecular complexity index is 223. The van der Waals surface area contributed by atoms with E-state index in [2.05, 4.69) is 49.1 Å². The Hall–Kier alpha value is -0.223. The van der Waals surface area contributed by atoms with Crippen molar-refractivity contribution >= 4 is 0 Å². The van der Waals surface area contributed by atoms with E-state index in [0.717, 1.165) is 26.1 Å². The van der Waals surface area contributed by atoms with Gasteiger partial charge in [0.05, 0.1) is 0 Å². The van der Waals surface area contributed by atoms with Gasteiger partial charge in [0.1, 0.15) is 0 Å². The third kappa shape index (κ3) is 4.86. The first-order chi connectivity index (χ1) is 6.36. The zero-order valence-corrected chi connectivity index (χ0v) is 9.37. The van der Waals surface area contributed by atoms with Gasteiger partial charge in [0.2, 0.25) is 0 Å². The molecule has 0 aromatic heterocycles. The van der Waals surface area contributed by atoms with Crippen molar-refractivity contribution in [2.45, 2.75) is 19.9 Å². The molecule has 0 aliphatic heterocycles. The molecule has 0 aliphatic carbocycles. The molecule has 0 saturated heterocycles. The van der Waals surface area contributed by atoms with E-state index in [1.165, 1.54) is 5.56 Å². The molecule has 1 aromatic carbocycles. The first kappa shape index (κ1) is 13.8. The van der Waals surface area contributed by atoms with E-state index in [1.807, 2.05) is 0 Å². The van der Waals surface area contributed by atoms with Gasteiger partial charge in [0.15, 0.2) is 0 Å². The minimum atomic E-state index is 0. The first-order valence-electron chi connectivity index (χ1n) is 4.92. The van der Waals surface area contributed by atoms with Crippen LogP contribution in [0.3, 0.4) is 0 Å². The Kier molecular flexibility index (Phi) is 7.99. The predicted octanol–water partition coefficient (Wildman–Crippen LogP) is -0.263. The van der Waals surface area contributed by atoms with E-state index >= 15 is 0 Å². The normalized spacial score (nSPS) is 9.93. The zero-order valence-electron chi connectivity index (χ0n) is 9.37. The van der Waals surface area contributed by atoms with Crippen LogP contribution >= 0.6 is 0 Å². The van der Waals surface area contributed by atoms with E-state index < -0.39 is 0 Å². The maximum atomic E-state index is 3.87. The molecule has 0 bridgehead atoms. The maximum absolute atomic E-state index is 3.87. The summed E-state index contributed by atoms with van der Waals surface area (Å²) in [5.41, 5.74) is 1.39. The molecule has 1 nitrogen and oxygen atoms in total. The third-order valence-electron chi connectivity index (χ3n) is 2.17. The molecule has 2 heteroatoms. The minimum Gasteiger partial charge on any atom is -0.342 e. The van der Waals surface area contributed by atoms with Gasteiger partial charge in [0, 0.05) is 6.54 Å². The topological polar surface area (TPSA) is 3.24 Å². The molecular weight excluding hydrogens is 165 g/mol. The van der Waals surface area contributed by atoms with Crippen LogP contribution in [-0.4, -0.2) is 18.0 Å². The van der Waals surface area contributed by atoms with E-state index in [0.29, 0.717) is 0 Å². The summed E-state index contributed by atoms with van der Waals surface area (Å²) < 4.78 is 0. The Morgan fingerprint density at radius 2 is 1.86 bits per heavy atom. The molecule has 1 aromatic rings. The fraction of sp³-hybridized carbons (Fsp3) is 0.417. The third-order valence-corrected chi connectivity index (χ3v) is 2.17. The van der Waals surface area contributed by atoms with Crippen LogP contribution in [0.15, 0.2) is 30.3 Å². The average molecular weight is 183 g/mol. The zero-order chi connectivity index (χ0) is 9.52. The van der Waals surface area contributed by atoms with Crippen LogP contribution in [0.1, 0.15) is 18.9 Å². The second-order valence-electron chi connectivity index (χ2n) is 3.21. The van der Waals surface area contributed by atoms with E-state index in [4.69, 9.17) is 0 Å². The number of benzene rings is 1. The van der Waals surface area contributed by atoms with Crippen molar-refractivity contribution in [1.29, 1.82) is 0 Å².